The predicted octanol–water partition coefficient (Wildman–Crippen LogP) is 3.20. The molecule has 0 unspecified atom stereocenters. The van der Waals surface area contributed by atoms with E-state index < -0.39 is 10.0 Å². The van der Waals surface area contributed by atoms with Crippen LogP contribution in [0.15, 0.2) is 47.4 Å². The van der Waals surface area contributed by atoms with Gasteiger partial charge in [-0.15, -0.1) is 0 Å². The highest BCUT2D eigenvalue weighted by Gasteiger charge is 2.19. The van der Waals surface area contributed by atoms with Crippen LogP contribution in [0.25, 0.3) is 0 Å². The normalized spacial score (nSPS) is 11.4. The summed E-state index contributed by atoms with van der Waals surface area (Å²) in [6, 6.07) is 11.6. The van der Waals surface area contributed by atoms with E-state index in [4.69, 9.17) is 11.6 Å². The topological polar surface area (TPSA) is 66.4 Å². The first-order chi connectivity index (χ1) is 9.97. The molecule has 0 fully saturated rings. The van der Waals surface area contributed by atoms with E-state index in [1.54, 1.807) is 36.4 Å². The zero-order chi connectivity index (χ0) is 15.5. The SMILES string of the molecule is CCc1ccc(CO)cc1S(=O)(=O)Nc1ccccc1Cl. The number of sulfonamides is 1. The molecule has 2 aromatic rings. The summed E-state index contributed by atoms with van der Waals surface area (Å²) in [5.74, 6) is 0. The maximum Gasteiger partial charge on any atom is 0.262 e. The lowest BCUT2D eigenvalue weighted by molar-refractivity contribution is 0.281. The Bertz CT molecular complexity index is 744. The number of para-hydroxylation sites is 1. The summed E-state index contributed by atoms with van der Waals surface area (Å²) in [4.78, 5) is 0.163. The predicted molar refractivity (Wildman–Crippen MR) is 84.0 cm³/mol. The molecule has 4 nitrogen and oxygen atoms in total. The number of halogens is 1. The molecule has 0 radical (unpaired) electrons. The highest BCUT2D eigenvalue weighted by atomic mass is 35.5. The smallest absolute Gasteiger partial charge is 0.262 e. The third kappa shape index (κ3) is 3.56. The second-order valence-corrected chi connectivity index (χ2v) is 6.60. The van der Waals surface area contributed by atoms with Gasteiger partial charge >= 0.3 is 0 Å². The molecular weight excluding hydrogens is 310 g/mol. The minimum absolute atomic E-state index is 0.163. The number of hydrogen-bond acceptors (Lipinski definition) is 3. The average Bonchev–Trinajstić information content (AvgIpc) is 2.48. The first-order valence-corrected chi connectivity index (χ1v) is 8.34. The first-order valence-electron chi connectivity index (χ1n) is 6.48. The molecule has 0 aliphatic carbocycles. The Labute approximate surface area is 129 Å². The van der Waals surface area contributed by atoms with Crippen molar-refractivity contribution in [3.05, 3.63) is 58.6 Å². The van der Waals surface area contributed by atoms with Crippen LogP contribution in [0.4, 0.5) is 5.69 Å². The van der Waals surface area contributed by atoms with Gasteiger partial charge in [0.2, 0.25) is 0 Å². The highest BCUT2D eigenvalue weighted by molar-refractivity contribution is 7.92. The molecule has 2 aromatic carbocycles. The molecular formula is C15H16ClNO3S. The highest BCUT2D eigenvalue weighted by Crippen LogP contribution is 2.26. The van der Waals surface area contributed by atoms with E-state index in [0.29, 0.717) is 28.3 Å². The molecule has 0 aliphatic rings. The van der Waals surface area contributed by atoms with E-state index in [1.807, 2.05) is 6.92 Å². The molecule has 0 amide bonds. The summed E-state index contributed by atoms with van der Waals surface area (Å²) in [6.45, 7) is 1.67. The van der Waals surface area contributed by atoms with Gasteiger partial charge in [-0.25, -0.2) is 8.42 Å². The van der Waals surface area contributed by atoms with Gasteiger partial charge in [-0.3, -0.25) is 4.72 Å². The summed E-state index contributed by atoms with van der Waals surface area (Å²) < 4.78 is 27.6. The van der Waals surface area contributed by atoms with Gasteiger partial charge in [-0.1, -0.05) is 42.8 Å². The van der Waals surface area contributed by atoms with E-state index in [9.17, 15) is 13.5 Å². The molecule has 2 rings (SSSR count). The van der Waals surface area contributed by atoms with Gasteiger partial charge < -0.3 is 5.11 Å². The van der Waals surface area contributed by atoms with Gasteiger partial charge in [0.1, 0.15) is 0 Å². The number of benzene rings is 2. The van der Waals surface area contributed by atoms with Gasteiger partial charge in [0, 0.05) is 0 Å². The molecule has 0 heterocycles. The van der Waals surface area contributed by atoms with Crippen LogP contribution in [0.3, 0.4) is 0 Å². The lowest BCUT2D eigenvalue weighted by atomic mass is 10.1. The molecule has 0 saturated heterocycles. The Morgan fingerprint density at radius 3 is 2.52 bits per heavy atom. The standard InChI is InChI=1S/C15H16ClNO3S/c1-2-12-8-7-11(10-18)9-15(12)21(19,20)17-14-6-4-3-5-13(14)16/h3-9,17-18H,2,10H2,1H3. The third-order valence-corrected chi connectivity index (χ3v) is 4.88. The molecule has 6 heteroatoms. The number of nitrogens with one attached hydrogen (secondary N) is 1. The molecule has 0 bridgehead atoms. The van der Waals surface area contributed by atoms with Crippen molar-refractivity contribution in [3.63, 3.8) is 0 Å². The molecule has 0 spiro atoms. The van der Waals surface area contributed by atoms with E-state index in [0.717, 1.165) is 0 Å². The van der Waals surface area contributed by atoms with E-state index in [1.165, 1.54) is 6.07 Å². The Kier molecular flexibility index (Phi) is 4.88. The summed E-state index contributed by atoms with van der Waals surface area (Å²) >= 11 is 5.98. The van der Waals surface area contributed by atoms with Crippen molar-refractivity contribution in [2.24, 2.45) is 0 Å². The van der Waals surface area contributed by atoms with E-state index in [-0.39, 0.29) is 11.5 Å². The Morgan fingerprint density at radius 1 is 1.19 bits per heavy atom. The van der Waals surface area contributed by atoms with E-state index in [2.05, 4.69) is 4.72 Å². The fraction of sp³-hybridized carbons (Fsp3) is 0.200. The second kappa shape index (κ2) is 6.47. The van der Waals surface area contributed by atoms with Crippen LogP contribution in [0.1, 0.15) is 18.1 Å². The van der Waals surface area contributed by atoms with Gasteiger partial charge in [0.25, 0.3) is 10.0 Å². The maximum absolute atomic E-state index is 12.6. The molecule has 21 heavy (non-hydrogen) atoms. The lowest BCUT2D eigenvalue weighted by Crippen LogP contribution is -2.15. The van der Waals surface area contributed by atoms with Crippen LogP contribution < -0.4 is 4.72 Å². The third-order valence-electron chi connectivity index (χ3n) is 3.10. The Balaban J connectivity index is 2.46. The van der Waals surface area contributed by atoms with Crippen LogP contribution in [0.2, 0.25) is 5.02 Å². The molecule has 0 atom stereocenters. The monoisotopic (exact) mass is 325 g/mol. The zero-order valence-electron chi connectivity index (χ0n) is 11.5. The van der Waals surface area contributed by atoms with Crippen LogP contribution in [-0.4, -0.2) is 13.5 Å². The number of aliphatic hydroxyl groups is 1. The van der Waals surface area contributed by atoms with Gasteiger partial charge in [-0.2, -0.15) is 0 Å². The quantitative estimate of drug-likeness (QED) is 0.887. The minimum Gasteiger partial charge on any atom is -0.392 e. The van der Waals surface area contributed by atoms with Crippen LogP contribution in [0.5, 0.6) is 0 Å². The summed E-state index contributed by atoms with van der Waals surface area (Å²) in [5.41, 5.74) is 1.56. The fourth-order valence-corrected chi connectivity index (χ4v) is 3.66. The molecule has 2 N–H and O–H groups in total. The fourth-order valence-electron chi connectivity index (χ4n) is 1.98. The average molecular weight is 326 g/mol. The summed E-state index contributed by atoms with van der Waals surface area (Å²) in [6.07, 6.45) is 0.574. The summed E-state index contributed by atoms with van der Waals surface area (Å²) in [7, 11) is -3.76. The Hall–Kier alpha value is -1.56. The maximum atomic E-state index is 12.6. The number of hydrogen-bond donors (Lipinski definition) is 2. The second-order valence-electron chi connectivity index (χ2n) is 4.54. The molecule has 112 valence electrons. The van der Waals surface area contributed by atoms with Crippen molar-refractivity contribution in [2.45, 2.75) is 24.8 Å². The van der Waals surface area contributed by atoms with E-state index >= 15 is 0 Å². The van der Waals surface area contributed by atoms with Crippen LogP contribution in [0, 0.1) is 0 Å². The molecule has 0 saturated carbocycles. The van der Waals surface area contributed by atoms with Crippen LogP contribution >= 0.6 is 11.6 Å². The van der Waals surface area contributed by atoms with Crippen molar-refractivity contribution in [2.75, 3.05) is 4.72 Å². The van der Waals surface area contributed by atoms with Crippen molar-refractivity contribution < 1.29 is 13.5 Å². The van der Waals surface area contributed by atoms with Gasteiger partial charge in [-0.05, 0) is 35.7 Å². The first kappa shape index (κ1) is 15.8. The number of aryl methyl sites for hydroxylation is 1. The lowest BCUT2D eigenvalue weighted by Gasteiger charge is -2.13. The number of rotatable bonds is 5. The summed E-state index contributed by atoms with van der Waals surface area (Å²) in [5, 5.41) is 9.52. The zero-order valence-corrected chi connectivity index (χ0v) is 13.1. The molecule has 0 aromatic heterocycles. The van der Waals surface area contributed by atoms with Crippen molar-refractivity contribution in [3.8, 4) is 0 Å². The number of anilines is 1. The van der Waals surface area contributed by atoms with Crippen molar-refractivity contribution in [1.82, 2.24) is 0 Å². The number of aliphatic hydroxyl groups excluding tert-OH is 1. The van der Waals surface area contributed by atoms with Crippen molar-refractivity contribution in [1.29, 1.82) is 0 Å². The Morgan fingerprint density at radius 2 is 1.90 bits per heavy atom. The molecule has 0 aliphatic heterocycles. The minimum atomic E-state index is -3.76. The van der Waals surface area contributed by atoms with Gasteiger partial charge in [0.15, 0.2) is 0 Å². The van der Waals surface area contributed by atoms with Crippen LogP contribution in [-0.2, 0) is 23.1 Å². The van der Waals surface area contributed by atoms with Gasteiger partial charge in [0.05, 0.1) is 22.2 Å². The van der Waals surface area contributed by atoms with Crippen molar-refractivity contribution >= 4 is 27.3 Å². The largest absolute Gasteiger partial charge is 0.392 e.